The summed E-state index contributed by atoms with van der Waals surface area (Å²) in [7, 11) is 3.92. The zero-order valence-electron chi connectivity index (χ0n) is 15.1. The Labute approximate surface area is 163 Å². The van der Waals surface area contributed by atoms with E-state index in [0.717, 1.165) is 17.1 Å². The summed E-state index contributed by atoms with van der Waals surface area (Å²) in [4.78, 5) is 15.2. The molecule has 0 saturated heterocycles. The highest BCUT2D eigenvalue weighted by molar-refractivity contribution is 6.29. The van der Waals surface area contributed by atoms with Crippen LogP contribution in [0, 0.1) is 0 Å². The zero-order valence-corrected chi connectivity index (χ0v) is 15.9. The van der Waals surface area contributed by atoms with E-state index >= 15 is 0 Å². The standard InChI is InChI=1S/C19H21ClN6O/c1-25-11-12-26(2)19(25)24-23-17-9-7-15(8-10-17)21-14-3-5-16(6-4-14)22-18(27)13-20/h3-12,19,21H,13H2,1-2H3,(H,22,27). The minimum Gasteiger partial charge on any atom is -0.356 e. The van der Waals surface area contributed by atoms with Crippen molar-refractivity contribution in [3.8, 4) is 0 Å². The number of carbonyl (C=O) groups excluding carboxylic acids is 1. The van der Waals surface area contributed by atoms with Gasteiger partial charge in [-0.05, 0) is 48.5 Å². The molecule has 2 aromatic rings. The molecular weight excluding hydrogens is 364 g/mol. The Hall–Kier alpha value is -3.06. The maximum absolute atomic E-state index is 11.3. The second-order valence-corrected chi connectivity index (χ2v) is 6.39. The normalized spacial score (nSPS) is 14.2. The predicted molar refractivity (Wildman–Crippen MR) is 108 cm³/mol. The third-order valence-electron chi connectivity index (χ3n) is 3.99. The van der Waals surface area contributed by atoms with Gasteiger partial charge in [0, 0.05) is 43.6 Å². The van der Waals surface area contributed by atoms with E-state index in [2.05, 4.69) is 20.9 Å². The van der Waals surface area contributed by atoms with Crippen molar-refractivity contribution in [1.82, 2.24) is 9.80 Å². The van der Waals surface area contributed by atoms with Crippen molar-refractivity contribution in [3.05, 3.63) is 60.9 Å². The van der Waals surface area contributed by atoms with Crippen LogP contribution in [0.25, 0.3) is 0 Å². The summed E-state index contributed by atoms with van der Waals surface area (Å²) in [5.74, 6) is -0.291. The van der Waals surface area contributed by atoms with Crippen LogP contribution in [0.15, 0.2) is 71.2 Å². The Morgan fingerprint density at radius 2 is 1.48 bits per heavy atom. The fourth-order valence-electron chi connectivity index (χ4n) is 2.54. The number of hydrogen-bond acceptors (Lipinski definition) is 6. The molecule has 0 unspecified atom stereocenters. The van der Waals surface area contributed by atoms with Gasteiger partial charge >= 0.3 is 0 Å². The number of hydrogen-bond donors (Lipinski definition) is 2. The van der Waals surface area contributed by atoms with E-state index in [1.165, 1.54) is 0 Å². The summed E-state index contributed by atoms with van der Waals surface area (Å²) in [6, 6.07) is 15.1. The van der Waals surface area contributed by atoms with Gasteiger partial charge in [-0.3, -0.25) is 4.79 Å². The van der Waals surface area contributed by atoms with Crippen molar-refractivity contribution < 1.29 is 4.79 Å². The van der Waals surface area contributed by atoms with Crippen LogP contribution in [0.2, 0.25) is 0 Å². The van der Waals surface area contributed by atoms with Gasteiger partial charge in [-0.2, -0.15) is 5.11 Å². The molecule has 1 aliphatic rings. The van der Waals surface area contributed by atoms with Gasteiger partial charge in [-0.25, -0.2) is 0 Å². The molecule has 0 spiro atoms. The van der Waals surface area contributed by atoms with Crippen LogP contribution in [-0.2, 0) is 4.79 Å². The fourth-order valence-corrected chi connectivity index (χ4v) is 2.61. The summed E-state index contributed by atoms with van der Waals surface area (Å²) in [6.45, 7) is 0. The van der Waals surface area contributed by atoms with Crippen LogP contribution in [0.3, 0.4) is 0 Å². The molecule has 0 aromatic heterocycles. The molecule has 0 aliphatic carbocycles. The van der Waals surface area contributed by atoms with Crippen LogP contribution < -0.4 is 10.6 Å². The fraction of sp³-hybridized carbons (Fsp3) is 0.211. The van der Waals surface area contributed by atoms with Gasteiger partial charge < -0.3 is 20.4 Å². The number of nitrogens with zero attached hydrogens (tertiary/aromatic N) is 4. The molecule has 3 rings (SSSR count). The molecule has 8 heteroatoms. The van der Waals surface area contributed by atoms with Crippen LogP contribution in [0.1, 0.15) is 0 Å². The minimum atomic E-state index is -0.229. The number of halogens is 1. The molecular formula is C19H21ClN6O. The summed E-state index contributed by atoms with van der Waals surface area (Å²) < 4.78 is 0. The lowest BCUT2D eigenvalue weighted by molar-refractivity contribution is -0.113. The number of amides is 1. The average molecular weight is 385 g/mol. The van der Waals surface area contributed by atoms with Gasteiger partial charge in [-0.1, -0.05) is 0 Å². The first-order chi connectivity index (χ1) is 13.0. The van der Waals surface area contributed by atoms with E-state index in [1.54, 1.807) is 0 Å². The van der Waals surface area contributed by atoms with Crippen molar-refractivity contribution in [2.24, 2.45) is 10.2 Å². The lowest BCUT2D eigenvalue weighted by atomic mass is 10.2. The van der Waals surface area contributed by atoms with E-state index in [0.29, 0.717) is 5.69 Å². The second-order valence-electron chi connectivity index (χ2n) is 6.12. The maximum Gasteiger partial charge on any atom is 0.239 e. The topological polar surface area (TPSA) is 72.3 Å². The Morgan fingerprint density at radius 1 is 0.963 bits per heavy atom. The third kappa shape index (κ3) is 4.98. The average Bonchev–Trinajstić information content (AvgIpc) is 3.00. The van der Waals surface area contributed by atoms with Gasteiger partial charge in [0.15, 0.2) is 0 Å². The van der Waals surface area contributed by atoms with Crippen LogP contribution in [-0.4, -0.2) is 42.0 Å². The van der Waals surface area contributed by atoms with Crippen molar-refractivity contribution in [3.63, 3.8) is 0 Å². The molecule has 0 fully saturated rings. The lowest BCUT2D eigenvalue weighted by Gasteiger charge is -2.21. The van der Waals surface area contributed by atoms with E-state index in [1.807, 2.05) is 84.8 Å². The number of anilines is 3. The maximum atomic E-state index is 11.3. The largest absolute Gasteiger partial charge is 0.356 e. The highest BCUT2D eigenvalue weighted by Gasteiger charge is 2.19. The number of azo groups is 1. The Kier molecular flexibility index (Phi) is 5.93. The van der Waals surface area contributed by atoms with Gasteiger partial charge in [0.1, 0.15) is 5.88 Å². The minimum absolute atomic E-state index is 0.0620. The first-order valence-electron chi connectivity index (χ1n) is 8.41. The van der Waals surface area contributed by atoms with Gasteiger partial charge in [0.25, 0.3) is 0 Å². The summed E-state index contributed by atoms with van der Waals surface area (Å²) in [5.41, 5.74) is 3.34. The quantitative estimate of drug-likeness (QED) is 0.574. The molecule has 2 aromatic carbocycles. The number of nitrogens with one attached hydrogen (secondary N) is 2. The van der Waals surface area contributed by atoms with E-state index in [-0.39, 0.29) is 18.1 Å². The van der Waals surface area contributed by atoms with Gasteiger partial charge in [0.2, 0.25) is 12.2 Å². The number of rotatable bonds is 6. The smallest absolute Gasteiger partial charge is 0.239 e. The highest BCUT2D eigenvalue weighted by Crippen LogP contribution is 2.23. The van der Waals surface area contributed by atoms with E-state index < -0.39 is 0 Å². The Balaban J connectivity index is 1.58. The molecule has 0 bridgehead atoms. The number of alkyl halides is 1. The molecule has 140 valence electrons. The molecule has 0 radical (unpaired) electrons. The van der Waals surface area contributed by atoms with Crippen molar-refractivity contribution in [2.45, 2.75) is 6.29 Å². The molecule has 0 saturated carbocycles. The van der Waals surface area contributed by atoms with Crippen molar-refractivity contribution in [2.75, 3.05) is 30.6 Å². The summed E-state index contributed by atoms with van der Waals surface area (Å²) >= 11 is 5.48. The van der Waals surface area contributed by atoms with Gasteiger partial charge in [0.05, 0.1) is 5.69 Å². The van der Waals surface area contributed by atoms with Crippen LogP contribution in [0.4, 0.5) is 22.7 Å². The third-order valence-corrected chi connectivity index (χ3v) is 4.23. The van der Waals surface area contributed by atoms with Gasteiger partial charge in [-0.15, -0.1) is 16.7 Å². The van der Waals surface area contributed by atoms with E-state index in [9.17, 15) is 4.79 Å². The molecule has 7 nitrogen and oxygen atoms in total. The Morgan fingerprint density at radius 3 is 2.04 bits per heavy atom. The molecule has 1 aliphatic heterocycles. The van der Waals surface area contributed by atoms with E-state index in [4.69, 9.17) is 11.6 Å². The monoisotopic (exact) mass is 384 g/mol. The second kappa shape index (κ2) is 8.55. The van der Waals surface area contributed by atoms with Crippen molar-refractivity contribution in [1.29, 1.82) is 0 Å². The lowest BCUT2D eigenvalue weighted by Crippen LogP contribution is -2.31. The van der Waals surface area contributed by atoms with Crippen molar-refractivity contribution >= 4 is 40.3 Å². The first kappa shape index (κ1) is 18.7. The summed E-state index contributed by atoms with van der Waals surface area (Å²) in [6.07, 6.45) is 3.81. The molecule has 1 amide bonds. The number of carbonyl (C=O) groups is 1. The predicted octanol–water partition coefficient (Wildman–Crippen LogP) is 4.32. The SMILES string of the molecule is CN1C=CN(C)C1N=Nc1ccc(Nc2ccc(NC(=O)CCl)cc2)cc1. The number of benzene rings is 2. The molecule has 1 heterocycles. The summed E-state index contributed by atoms with van der Waals surface area (Å²) in [5, 5.41) is 14.7. The molecule has 27 heavy (non-hydrogen) atoms. The first-order valence-corrected chi connectivity index (χ1v) is 8.94. The molecule has 2 N–H and O–H groups in total. The zero-order chi connectivity index (χ0) is 19.2. The van der Waals surface area contributed by atoms with Crippen LogP contribution >= 0.6 is 11.6 Å². The van der Waals surface area contributed by atoms with Crippen LogP contribution in [0.5, 0.6) is 0 Å². The Bertz CT molecular complexity index is 822. The molecule has 0 atom stereocenters. The highest BCUT2D eigenvalue weighted by atomic mass is 35.5.